The molecule has 7 rings (SSSR count). The summed E-state index contributed by atoms with van der Waals surface area (Å²) in [5.41, 5.74) is 3.66. The predicted molar refractivity (Wildman–Crippen MR) is 193 cm³/mol. The van der Waals surface area contributed by atoms with E-state index < -0.39 is 5.79 Å². The Morgan fingerprint density at radius 3 is 2.10 bits per heavy atom. The third-order valence-corrected chi connectivity index (χ3v) is 9.96. The number of rotatable bonds is 12. The Kier molecular flexibility index (Phi) is 10.1. The van der Waals surface area contributed by atoms with Gasteiger partial charge in [-0.1, -0.05) is 43.1 Å². The monoisotopic (exact) mass is 718 g/mol. The molecule has 262 valence electrons. The van der Waals surface area contributed by atoms with E-state index in [9.17, 15) is 4.79 Å². The number of hydrogen-bond donors (Lipinski definition) is 0. The Labute approximate surface area is 300 Å². The second kappa shape index (κ2) is 14.9. The van der Waals surface area contributed by atoms with E-state index >= 15 is 0 Å². The van der Waals surface area contributed by atoms with Gasteiger partial charge in [0.2, 0.25) is 5.79 Å². The summed E-state index contributed by atoms with van der Waals surface area (Å²) in [7, 11) is 0. The fourth-order valence-corrected chi connectivity index (χ4v) is 7.19. The van der Waals surface area contributed by atoms with Gasteiger partial charge in [0, 0.05) is 48.1 Å². The molecule has 0 bridgehead atoms. The topological polar surface area (TPSA) is 105 Å². The molecule has 0 unspecified atom stereocenters. The van der Waals surface area contributed by atoms with Crippen molar-refractivity contribution in [2.45, 2.75) is 51.2 Å². The van der Waals surface area contributed by atoms with Crippen LogP contribution in [0, 0.1) is 0 Å². The minimum atomic E-state index is -1.18. The van der Waals surface area contributed by atoms with Crippen LogP contribution < -0.4 is 20.2 Å². The summed E-state index contributed by atoms with van der Waals surface area (Å²) in [6.07, 6.45) is 6.23. The number of piperazine rings is 1. The molecule has 2 aliphatic heterocycles. The predicted octanol–water partition coefficient (Wildman–Crippen LogP) is 5.97. The van der Waals surface area contributed by atoms with Crippen molar-refractivity contribution in [1.29, 1.82) is 0 Å². The van der Waals surface area contributed by atoms with Crippen molar-refractivity contribution in [3.8, 4) is 11.4 Å². The highest BCUT2D eigenvalue weighted by atomic mass is 35.5. The molecular formula is C36H40Cl2N8O4. The fourth-order valence-electron chi connectivity index (χ4n) is 6.63. The first-order valence-corrected chi connectivity index (χ1v) is 17.7. The molecule has 0 spiro atoms. The number of ether oxygens (including phenoxy) is 3. The first-order valence-electron chi connectivity index (χ1n) is 17.0. The highest BCUT2D eigenvalue weighted by Gasteiger charge is 2.46. The molecule has 2 saturated heterocycles. The lowest BCUT2D eigenvalue weighted by Gasteiger charge is -2.37. The Morgan fingerprint density at radius 2 is 1.48 bits per heavy atom. The van der Waals surface area contributed by atoms with Gasteiger partial charge in [-0.25, -0.2) is 14.0 Å². The highest BCUT2D eigenvalue weighted by molar-refractivity contribution is 6.35. The number of anilines is 2. The maximum atomic E-state index is 13.0. The molecule has 2 fully saturated rings. The molecule has 2 atom stereocenters. The Hall–Kier alpha value is -4.36. The standard InChI is InChI=1S/C36H40Cl2N8O4/c1-3-27(4-2)46-35(47)44(25-41-46)30-8-6-28(7-9-30)42-17-19-43(20-18-42)29-10-12-31(13-11-29)48-22-32-23-49-36(50-32,24-45-39-15-16-40-45)33-14-5-26(37)21-34(33)38/h5-16,21,25,27,32H,3-4,17-20,22-24H2,1-2H3/t32-,36-/m1/s1. The van der Waals surface area contributed by atoms with Gasteiger partial charge in [0.1, 0.15) is 31.3 Å². The van der Waals surface area contributed by atoms with E-state index in [1.807, 2.05) is 30.3 Å². The van der Waals surface area contributed by atoms with Crippen molar-refractivity contribution in [3.05, 3.63) is 112 Å². The van der Waals surface area contributed by atoms with Crippen molar-refractivity contribution >= 4 is 34.6 Å². The van der Waals surface area contributed by atoms with Crippen LogP contribution in [-0.2, 0) is 21.8 Å². The van der Waals surface area contributed by atoms with Gasteiger partial charge in [-0.3, -0.25) is 0 Å². The van der Waals surface area contributed by atoms with Gasteiger partial charge in [-0.2, -0.15) is 20.1 Å². The van der Waals surface area contributed by atoms with Crippen molar-refractivity contribution < 1.29 is 14.2 Å². The average Bonchev–Trinajstić information content (AvgIpc) is 3.90. The summed E-state index contributed by atoms with van der Waals surface area (Å²) < 4.78 is 22.1. The second-order valence-corrected chi connectivity index (χ2v) is 13.3. The molecule has 0 N–H and O–H groups in total. The van der Waals surface area contributed by atoms with Gasteiger partial charge < -0.3 is 24.0 Å². The lowest BCUT2D eigenvalue weighted by Crippen LogP contribution is -2.46. The van der Waals surface area contributed by atoms with Gasteiger partial charge in [0.05, 0.1) is 35.8 Å². The molecule has 0 amide bonds. The van der Waals surface area contributed by atoms with Crippen LogP contribution in [0.15, 0.2) is 90.2 Å². The van der Waals surface area contributed by atoms with E-state index in [1.54, 1.807) is 40.1 Å². The molecular weight excluding hydrogens is 679 g/mol. The van der Waals surface area contributed by atoms with Crippen LogP contribution in [0.25, 0.3) is 5.69 Å². The van der Waals surface area contributed by atoms with Crippen molar-refractivity contribution in [1.82, 2.24) is 29.3 Å². The zero-order valence-electron chi connectivity index (χ0n) is 28.1. The van der Waals surface area contributed by atoms with Gasteiger partial charge in [-0.15, -0.1) is 0 Å². The summed E-state index contributed by atoms with van der Waals surface area (Å²) >= 11 is 12.7. The Bertz CT molecular complexity index is 1920. The largest absolute Gasteiger partial charge is 0.491 e. The molecule has 12 nitrogen and oxygen atoms in total. The molecule has 0 saturated carbocycles. The molecule has 14 heteroatoms. The quantitative estimate of drug-likeness (QED) is 0.154. The summed E-state index contributed by atoms with van der Waals surface area (Å²) in [4.78, 5) is 19.2. The molecule has 0 radical (unpaired) electrons. The molecule has 50 heavy (non-hydrogen) atoms. The van der Waals surface area contributed by atoms with Crippen LogP contribution in [0.2, 0.25) is 10.0 Å². The number of hydrogen-bond acceptors (Lipinski definition) is 9. The van der Waals surface area contributed by atoms with Crippen LogP contribution >= 0.6 is 23.2 Å². The zero-order chi connectivity index (χ0) is 34.7. The summed E-state index contributed by atoms with van der Waals surface area (Å²) in [6.45, 7) is 8.53. The molecule has 2 aromatic heterocycles. The molecule has 2 aliphatic rings. The van der Waals surface area contributed by atoms with Gasteiger partial charge in [0.15, 0.2) is 0 Å². The van der Waals surface area contributed by atoms with Gasteiger partial charge >= 0.3 is 5.69 Å². The summed E-state index contributed by atoms with van der Waals surface area (Å²) in [5.74, 6) is -0.435. The van der Waals surface area contributed by atoms with Crippen molar-refractivity contribution in [2.75, 3.05) is 49.2 Å². The smallest absolute Gasteiger partial charge is 0.350 e. The number of nitrogens with zero attached hydrogens (tertiary/aromatic N) is 8. The maximum absolute atomic E-state index is 13.0. The van der Waals surface area contributed by atoms with Crippen molar-refractivity contribution in [2.24, 2.45) is 0 Å². The van der Waals surface area contributed by atoms with Gasteiger partial charge in [0.25, 0.3) is 0 Å². The Balaban J connectivity index is 0.924. The van der Waals surface area contributed by atoms with Crippen LogP contribution in [0.3, 0.4) is 0 Å². The highest BCUT2D eigenvalue weighted by Crippen LogP contribution is 2.40. The lowest BCUT2D eigenvalue weighted by molar-refractivity contribution is -0.192. The third kappa shape index (κ3) is 7.11. The average molecular weight is 720 g/mol. The van der Waals surface area contributed by atoms with E-state index in [1.165, 1.54) is 4.80 Å². The molecule has 5 aromatic rings. The fraction of sp³-hybridized carbons (Fsp3) is 0.389. The minimum Gasteiger partial charge on any atom is -0.491 e. The molecule has 3 aromatic carbocycles. The Morgan fingerprint density at radius 1 is 0.860 bits per heavy atom. The SMILES string of the molecule is CCC(CC)n1ncn(-c2ccc(N3CCN(c4ccc(OC[C@@H]5CO[C@@](Cn6nccn6)(c6ccc(Cl)cc6Cl)O5)cc4)CC3)cc2)c1=O. The van der Waals surface area contributed by atoms with Crippen LogP contribution in [-0.4, -0.2) is 74.8 Å². The van der Waals surface area contributed by atoms with E-state index in [-0.39, 0.29) is 24.4 Å². The number of halogens is 2. The molecule has 4 heterocycles. The van der Waals surface area contributed by atoms with Crippen molar-refractivity contribution in [3.63, 3.8) is 0 Å². The summed E-state index contributed by atoms with van der Waals surface area (Å²) in [5, 5.41) is 13.8. The van der Waals surface area contributed by atoms with E-state index in [2.05, 4.69) is 63.2 Å². The second-order valence-electron chi connectivity index (χ2n) is 12.5. The normalized spacial score (nSPS) is 19.4. The molecule has 0 aliphatic carbocycles. The minimum absolute atomic E-state index is 0.0990. The van der Waals surface area contributed by atoms with Crippen LogP contribution in [0.5, 0.6) is 5.75 Å². The lowest BCUT2D eigenvalue weighted by atomic mass is 10.1. The maximum Gasteiger partial charge on any atom is 0.350 e. The number of aromatic nitrogens is 6. The number of benzene rings is 3. The van der Waals surface area contributed by atoms with Crippen LogP contribution in [0.1, 0.15) is 38.3 Å². The van der Waals surface area contributed by atoms with E-state index in [0.29, 0.717) is 28.8 Å². The van der Waals surface area contributed by atoms with E-state index in [4.69, 9.17) is 37.4 Å². The first kappa shape index (κ1) is 34.1. The van der Waals surface area contributed by atoms with E-state index in [0.717, 1.165) is 61.8 Å². The van der Waals surface area contributed by atoms with Crippen LogP contribution in [0.4, 0.5) is 11.4 Å². The van der Waals surface area contributed by atoms with Gasteiger partial charge in [-0.05, 0) is 73.5 Å². The summed E-state index contributed by atoms with van der Waals surface area (Å²) in [6, 6.07) is 21.7. The zero-order valence-corrected chi connectivity index (χ0v) is 29.6. The first-order chi connectivity index (χ1) is 24.4. The third-order valence-electron chi connectivity index (χ3n) is 9.41.